The van der Waals surface area contributed by atoms with Crippen LogP contribution in [0.3, 0.4) is 0 Å². The Bertz CT molecular complexity index is 614. The van der Waals surface area contributed by atoms with Gasteiger partial charge in [0, 0.05) is 16.9 Å². The van der Waals surface area contributed by atoms with Crippen molar-refractivity contribution in [1.29, 1.82) is 0 Å². The molecule has 4 heteroatoms. The lowest BCUT2D eigenvalue weighted by atomic mass is 9.84. The molecular weight excluding hydrogens is 326 g/mol. The highest BCUT2D eigenvalue weighted by atomic mass is 79.9. The Balaban J connectivity index is 2.32. The van der Waals surface area contributed by atoms with Gasteiger partial charge in [0.15, 0.2) is 0 Å². The molecule has 0 atom stereocenters. The zero-order chi connectivity index (χ0) is 15.6. The molecule has 1 heterocycles. The van der Waals surface area contributed by atoms with Crippen LogP contribution >= 0.6 is 15.9 Å². The van der Waals surface area contributed by atoms with Crippen molar-refractivity contribution in [1.82, 2.24) is 9.55 Å². The molecule has 0 aliphatic carbocycles. The minimum Gasteiger partial charge on any atom is -0.330 e. The van der Waals surface area contributed by atoms with E-state index in [0.717, 1.165) is 35.8 Å². The van der Waals surface area contributed by atoms with Crippen molar-refractivity contribution in [3.8, 4) is 0 Å². The number of halogens is 1. The molecule has 0 saturated heterocycles. The van der Waals surface area contributed by atoms with Gasteiger partial charge in [0.2, 0.25) is 0 Å². The Hall–Kier alpha value is -0.870. The van der Waals surface area contributed by atoms with Crippen LogP contribution in [0.25, 0.3) is 11.0 Å². The Morgan fingerprint density at radius 3 is 2.62 bits per heavy atom. The van der Waals surface area contributed by atoms with Gasteiger partial charge in [-0.05, 0) is 56.8 Å². The smallest absolute Gasteiger partial charge is 0.110 e. The zero-order valence-electron chi connectivity index (χ0n) is 13.5. The molecule has 2 aromatic rings. The Labute approximate surface area is 136 Å². The van der Waals surface area contributed by atoms with Crippen LogP contribution in [0.4, 0.5) is 0 Å². The average Bonchev–Trinajstić information content (AvgIpc) is 2.74. The van der Waals surface area contributed by atoms with Crippen molar-refractivity contribution in [2.75, 3.05) is 6.54 Å². The van der Waals surface area contributed by atoms with Crippen LogP contribution < -0.4 is 5.73 Å². The first-order valence-electron chi connectivity index (χ1n) is 7.70. The minimum atomic E-state index is 0.273. The van der Waals surface area contributed by atoms with E-state index in [2.05, 4.69) is 66.4 Å². The van der Waals surface area contributed by atoms with Crippen molar-refractivity contribution >= 4 is 27.0 Å². The van der Waals surface area contributed by atoms with Crippen LogP contribution in [0.5, 0.6) is 0 Å². The molecule has 2 rings (SSSR count). The molecule has 1 aromatic heterocycles. The molecule has 116 valence electrons. The van der Waals surface area contributed by atoms with Crippen LogP contribution in [0.2, 0.25) is 0 Å². The first-order valence-corrected chi connectivity index (χ1v) is 8.50. The van der Waals surface area contributed by atoms with E-state index in [9.17, 15) is 0 Å². The van der Waals surface area contributed by atoms with E-state index in [1.165, 1.54) is 11.3 Å². The summed E-state index contributed by atoms with van der Waals surface area (Å²) >= 11 is 3.53. The standard InChI is InChI=1S/C17H26BrN3/c1-12(2)21-15-6-5-13(18)11-14(15)20-16(21)7-8-17(3,4)9-10-19/h5-6,11-12H,7-10,19H2,1-4H3. The minimum absolute atomic E-state index is 0.273. The number of rotatable bonds is 6. The molecule has 0 saturated carbocycles. The molecule has 0 spiro atoms. The van der Waals surface area contributed by atoms with Crippen molar-refractivity contribution in [2.24, 2.45) is 11.1 Å². The SMILES string of the molecule is CC(C)n1c(CCC(C)(C)CCN)nc2cc(Br)ccc21. The maximum Gasteiger partial charge on any atom is 0.110 e. The van der Waals surface area contributed by atoms with E-state index in [1.54, 1.807) is 0 Å². The van der Waals surface area contributed by atoms with E-state index in [-0.39, 0.29) is 5.41 Å². The number of hydrogen-bond donors (Lipinski definition) is 1. The van der Waals surface area contributed by atoms with Gasteiger partial charge in [-0.25, -0.2) is 4.98 Å². The number of nitrogens with zero attached hydrogens (tertiary/aromatic N) is 2. The highest BCUT2D eigenvalue weighted by Crippen LogP contribution is 2.29. The largest absolute Gasteiger partial charge is 0.330 e. The highest BCUT2D eigenvalue weighted by molar-refractivity contribution is 9.10. The number of benzene rings is 1. The summed E-state index contributed by atoms with van der Waals surface area (Å²) in [5.41, 5.74) is 8.28. The van der Waals surface area contributed by atoms with E-state index < -0.39 is 0 Å². The predicted octanol–water partition coefficient (Wildman–Crippen LogP) is 4.69. The first kappa shape index (κ1) is 16.5. The third kappa shape index (κ3) is 3.86. The number of fused-ring (bicyclic) bond motifs is 1. The zero-order valence-corrected chi connectivity index (χ0v) is 15.1. The summed E-state index contributed by atoms with van der Waals surface area (Å²) in [4.78, 5) is 4.86. The summed E-state index contributed by atoms with van der Waals surface area (Å²) in [7, 11) is 0. The van der Waals surface area contributed by atoms with Crippen LogP contribution in [-0.2, 0) is 6.42 Å². The maximum atomic E-state index is 5.71. The van der Waals surface area contributed by atoms with Gasteiger partial charge in [-0.2, -0.15) is 0 Å². The fourth-order valence-corrected chi connectivity index (χ4v) is 3.19. The molecule has 3 nitrogen and oxygen atoms in total. The third-order valence-corrected chi connectivity index (χ3v) is 4.58. The monoisotopic (exact) mass is 351 g/mol. The summed E-state index contributed by atoms with van der Waals surface area (Å²) < 4.78 is 3.44. The van der Waals surface area contributed by atoms with Crippen molar-refractivity contribution in [2.45, 2.75) is 53.0 Å². The van der Waals surface area contributed by atoms with Gasteiger partial charge >= 0.3 is 0 Å². The molecular formula is C17H26BrN3. The Morgan fingerprint density at radius 1 is 1.29 bits per heavy atom. The van der Waals surface area contributed by atoms with E-state index in [1.807, 2.05) is 0 Å². The maximum absolute atomic E-state index is 5.71. The second kappa shape index (κ2) is 6.49. The van der Waals surface area contributed by atoms with Gasteiger partial charge in [-0.15, -0.1) is 0 Å². The molecule has 0 amide bonds. The highest BCUT2D eigenvalue weighted by Gasteiger charge is 2.20. The summed E-state index contributed by atoms with van der Waals surface area (Å²) in [5, 5.41) is 0. The molecule has 21 heavy (non-hydrogen) atoms. The normalized spacial score (nSPS) is 12.5. The van der Waals surface area contributed by atoms with Crippen LogP contribution in [0.15, 0.2) is 22.7 Å². The van der Waals surface area contributed by atoms with Gasteiger partial charge in [-0.1, -0.05) is 29.8 Å². The Morgan fingerprint density at radius 2 is 2.00 bits per heavy atom. The van der Waals surface area contributed by atoms with Gasteiger partial charge in [0.05, 0.1) is 11.0 Å². The molecule has 0 bridgehead atoms. The molecule has 0 fully saturated rings. The van der Waals surface area contributed by atoms with E-state index in [4.69, 9.17) is 10.7 Å². The van der Waals surface area contributed by atoms with Crippen LogP contribution in [0, 0.1) is 5.41 Å². The lowest BCUT2D eigenvalue weighted by Crippen LogP contribution is -2.19. The number of aromatic nitrogens is 2. The second-order valence-electron chi connectivity index (χ2n) is 6.83. The van der Waals surface area contributed by atoms with E-state index in [0.29, 0.717) is 6.04 Å². The molecule has 0 aliphatic heterocycles. The topological polar surface area (TPSA) is 43.8 Å². The second-order valence-corrected chi connectivity index (χ2v) is 7.74. The quantitative estimate of drug-likeness (QED) is 0.820. The van der Waals surface area contributed by atoms with Gasteiger partial charge in [-0.3, -0.25) is 0 Å². The lowest BCUT2D eigenvalue weighted by Gasteiger charge is -2.24. The first-order chi connectivity index (χ1) is 9.84. The summed E-state index contributed by atoms with van der Waals surface area (Å²) in [5.74, 6) is 1.18. The van der Waals surface area contributed by atoms with E-state index >= 15 is 0 Å². The number of hydrogen-bond acceptors (Lipinski definition) is 2. The third-order valence-electron chi connectivity index (χ3n) is 4.09. The fraction of sp³-hybridized carbons (Fsp3) is 0.588. The fourth-order valence-electron chi connectivity index (χ4n) is 2.84. The van der Waals surface area contributed by atoms with Crippen molar-refractivity contribution in [3.05, 3.63) is 28.5 Å². The lowest BCUT2D eigenvalue weighted by molar-refractivity contribution is 0.308. The molecule has 0 aliphatic rings. The van der Waals surface area contributed by atoms with Crippen LogP contribution in [-0.4, -0.2) is 16.1 Å². The number of imidazole rings is 1. The number of aryl methyl sites for hydroxylation is 1. The number of nitrogens with two attached hydrogens (primary N) is 1. The summed E-state index contributed by atoms with van der Waals surface area (Å²) in [6.45, 7) is 9.77. The average molecular weight is 352 g/mol. The Kier molecular flexibility index (Phi) is 5.10. The van der Waals surface area contributed by atoms with Gasteiger partial charge in [0.1, 0.15) is 5.82 Å². The van der Waals surface area contributed by atoms with Crippen molar-refractivity contribution < 1.29 is 0 Å². The molecule has 0 radical (unpaired) electrons. The van der Waals surface area contributed by atoms with Gasteiger partial charge < -0.3 is 10.3 Å². The van der Waals surface area contributed by atoms with Crippen molar-refractivity contribution in [3.63, 3.8) is 0 Å². The van der Waals surface area contributed by atoms with Gasteiger partial charge in [0.25, 0.3) is 0 Å². The predicted molar refractivity (Wildman–Crippen MR) is 93.6 cm³/mol. The molecule has 0 unspecified atom stereocenters. The summed E-state index contributed by atoms with van der Waals surface area (Å²) in [6, 6.07) is 6.76. The molecule has 2 N–H and O–H groups in total. The molecule has 1 aromatic carbocycles. The summed E-state index contributed by atoms with van der Waals surface area (Å²) in [6.07, 6.45) is 3.17. The van der Waals surface area contributed by atoms with Crippen LogP contribution in [0.1, 0.15) is 52.4 Å².